The van der Waals surface area contributed by atoms with Crippen LogP contribution in [-0.2, 0) is 4.79 Å². The molecule has 1 aliphatic rings. The van der Waals surface area contributed by atoms with Gasteiger partial charge in [-0.3, -0.25) is 4.79 Å². The monoisotopic (exact) mass is 266 g/mol. The van der Waals surface area contributed by atoms with Crippen LogP contribution in [0.5, 0.6) is 0 Å². The van der Waals surface area contributed by atoms with Gasteiger partial charge in [-0.1, -0.05) is 23.7 Å². The standard InChI is InChI=1S/C14H19ClN2O/c1-10(11-4-2-5-12(15)8-11)14(18)17-7-3-6-13(17)9-16/h2,4-5,8,10,13H,3,6-7,9,16H2,1H3. The van der Waals surface area contributed by atoms with Crippen molar-refractivity contribution in [3.8, 4) is 0 Å². The Balaban J connectivity index is 2.13. The van der Waals surface area contributed by atoms with E-state index in [0.717, 1.165) is 24.9 Å². The third kappa shape index (κ3) is 2.68. The molecule has 1 aliphatic heterocycles. The number of nitrogens with zero attached hydrogens (tertiary/aromatic N) is 1. The van der Waals surface area contributed by atoms with E-state index in [1.54, 1.807) is 0 Å². The third-order valence-corrected chi connectivity index (χ3v) is 3.89. The van der Waals surface area contributed by atoms with Crippen LogP contribution < -0.4 is 5.73 Å². The first-order valence-electron chi connectivity index (χ1n) is 6.39. The fraction of sp³-hybridized carbons (Fsp3) is 0.500. The summed E-state index contributed by atoms with van der Waals surface area (Å²) in [6, 6.07) is 7.71. The van der Waals surface area contributed by atoms with Crippen molar-refractivity contribution < 1.29 is 4.79 Å². The van der Waals surface area contributed by atoms with Crippen LogP contribution in [0.15, 0.2) is 24.3 Å². The highest BCUT2D eigenvalue weighted by Gasteiger charge is 2.30. The van der Waals surface area contributed by atoms with Gasteiger partial charge in [0.25, 0.3) is 0 Å². The lowest BCUT2D eigenvalue weighted by molar-refractivity contribution is -0.133. The summed E-state index contributed by atoms with van der Waals surface area (Å²) >= 11 is 5.96. The van der Waals surface area contributed by atoms with E-state index in [4.69, 9.17) is 17.3 Å². The minimum atomic E-state index is -0.157. The Bertz CT molecular complexity index is 436. The van der Waals surface area contributed by atoms with Crippen molar-refractivity contribution in [3.63, 3.8) is 0 Å². The topological polar surface area (TPSA) is 46.3 Å². The molecular weight excluding hydrogens is 248 g/mol. The maximum absolute atomic E-state index is 12.5. The van der Waals surface area contributed by atoms with E-state index in [2.05, 4.69) is 0 Å². The van der Waals surface area contributed by atoms with Gasteiger partial charge >= 0.3 is 0 Å². The molecule has 1 heterocycles. The van der Waals surface area contributed by atoms with Gasteiger partial charge in [0.15, 0.2) is 0 Å². The molecule has 0 saturated carbocycles. The molecule has 2 N–H and O–H groups in total. The number of hydrogen-bond acceptors (Lipinski definition) is 2. The van der Waals surface area contributed by atoms with E-state index in [1.165, 1.54) is 0 Å². The number of nitrogens with two attached hydrogens (primary N) is 1. The second kappa shape index (κ2) is 5.72. The smallest absolute Gasteiger partial charge is 0.230 e. The van der Waals surface area contributed by atoms with E-state index in [9.17, 15) is 4.79 Å². The summed E-state index contributed by atoms with van der Waals surface area (Å²) in [5, 5.41) is 0.670. The van der Waals surface area contributed by atoms with Crippen molar-refractivity contribution in [2.24, 2.45) is 5.73 Å². The molecule has 2 rings (SSSR count). The Hall–Kier alpha value is -1.06. The van der Waals surface area contributed by atoms with Crippen LogP contribution in [0.4, 0.5) is 0 Å². The van der Waals surface area contributed by atoms with Crippen LogP contribution in [0.25, 0.3) is 0 Å². The molecule has 2 unspecified atom stereocenters. The summed E-state index contributed by atoms with van der Waals surface area (Å²) in [4.78, 5) is 14.4. The van der Waals surface area contributed by atoms with Gasteiger partial charge in [0.2, 0.25) is 5.91 Å². The quantitative estimate of drug-likeness (QED) is 0.913. The second-order valence-electron chi connectivity index (χ2n) is 4.84. The molecule has 0 aliphatic carbocycles. The third-order valence-electron chi connectivity index (χ3n) is 3.65. The number of carbonyl (C=O) groups excluding carboxylic acids is 1. The number of hydrogen-bond donors (Lipinski definition) is 1. The highest BCUT2D eigenvalue weighted by molar-refractivity contribution is 6.30. The van der Waals surface area contributed by atoms with Crippen molar-refractivity contribution >= 4 is 17.5 Å². The van der Waals surface area contributed by atoms with Crippen LogP contribution in [0.2, 0.25) is 5.02 Å². The zero-order valence-corrected chi connectivity index (χ0v) is 11.4. The largest absolute Gasteiger partial charge is 0.338 e. The Morgan fingerprint density at radius 2 is 2.39 bits per heavy atom. The van der Waals surface area contributed by atoms with E-state index < -0.39 is 0 Å². The number of amides is 1. The number of benzene rings is 1. The van der Waals surface area contributed by atoms with Crippen LogP contribution >= 0.6 is 11.6 Å². The molecule has 1 fully saturated rings. The molecule has 1 aromatic carbocycles. The predicted octanol–water partition coefficient (Wildman–Crippen LogP) is 2.39. The Labute approximate surface area is 113 Å². The fourth-order valence-electron chi connectivity index (χ4n) is 2.54. The van der Waals surface area contributed by atoms with E-state index in [0.29, 0.717) is 11.6 Å². The minimum Gasteiger partial charge on any atom is -0.338 e. The number of halogens is 1. The van der Waals surface area contributed by atoms with Gasteiger partial charge in [0.1, 0.15) is 0 Å². The zero-order chi connectivity index (χ0) is 13.1. The average molecular weight is 267 g/mol. The van der Waals surface area contributed by atoms with Crippen molar-refractivity contribution in [2.75, 3.05) is 13.1 Å². The summed E-state index contributed by atoms with van der Waals surface area (Å²) in [6.07, 6.45) is 2.07. The normalized spacial score (nSPS) is 21.1. The van der Waals surface area contributed by atoms with Crippen molar-refractivity contribution in [3.05, 3.63) is 34.9 Å². The van der Waals surface area contributed by atoms with Gasteiger partial charge in [-0.25, -0.2) is 0 Å². The summed E-state index contributed by atoms with van der Waals surface area (Å²) in [5.74, 6) is 0.000988. The predicted molar refractivity (Wildman–Crippen MR) is 73.7 cm³/mol. The Kier molecular flexibility index (Phi) is 4.25. The molecule has 98 valence electrons. The molecule has 2 atom stereocenters. The van der Waals surface area contributed by atoms with Gasteiger partial charge in [-0.15, -0.1) is 0 Å². The Morgan fingerprint density at radius 3 is 3.06 bits per heavy atom. The van der Waals surface area contributed by atoms with Gasteiger partial charge in [0.05, 0.1) is 5.92 Å². The van der Waals surface area contributed by atoms with Crippen molar-refractivity contribution in [1.82, 2.24) is 4.90 Å². The maximum Gasteiger partial charge on any atom is 0.230 e. The molecule has 0 spiro atoms. The molecule has 0 bridgehead atoms. The summed E-state index contributed by atoms with van der Waals surface area (Å²) < 4.78 is 0. The number of rotatable bonds is 3. The van der Waals surface area contributed by atoms with Crippen LogP contribution in [0.3, 0.4) is 0 Å². The second-order valence-corrected chi connectivity index (χ2v) is 5.28. The average Bonchev–Trinajstić information content (AvgIpc) is 2.85. The molecule has 18 heavy (non-hydrogen) atoms. The van der Waals surface area contributed by atoms with Gasteiger partial charge < -0.3 is 10.6 Å². The SMILES string of the molecule is CC(C(=O)N1CCCC1CN)c1cccc(Cl)c1. The van der Waals surface area contributed by atoms with Crippen LogP contribution in [-0.4, -0.2) is 29.9 Å². The molecule has 3 nitrogen and oxygen atoms in total. The van der Waals surface area contributed by atoms with Crippen molar-refractivity contribution in [1.29, 1.82) is 0 Å². The summed E-state index contributed by atoms with van der Waals surface area (Å²) in [7, 11) is 0. The first-order chi connectivity index (χ1) is 8.63. The zero-order valence-electron chi connectivity index (χ0n) is 10.6. The van der Waals surface area contributed by atoms with Gasteiger partial charge in [0, 0.05) is 24.2 Å². The molecule has 4 heteroatoms. The molecule has 0 radical (unpaired) electrons. The molecule has 0 aromatic heterocycles. The lowest BCUT2D eigenvalue weighted by Crippen LogP contribution is -2.41. The highest BCUT2D eigenvalue weighted by Crippen LogP contribution is 2.25. The molecule has 1 aromatic rings. The highest BCUT2D eigenvalue weighted by atomic mass is 35.5. The molecule has 1 saturated heterocycles. The molecular formula is C14H19ClN2O. The summed E-state index contributed by atoms with van der Waals surface area (Å²) in [6.45, 7) is 3.31. The minimum absolute atomic E-state index is 0.157. The summed E-state index contributed by atoms with van der Waals surface area (Å²) in [5.41, 5.74) is 6.68. The Morgan fingerprint density at radius 1 is 1.61 bits per heavy atom. The van der Waals surface area contributed by atoms with Crippen molar-refractivity contribution in [2.45, 2.75) is 31.7 Å². The lowest BCUT2D eigenvalue weighted by atomic mass is 9.99. The van der Waals surface area contributed by atoms with E-state index in [1.807, 2.05) is 36.1 Å². The fourth-order valence-corrected chi connectivity index (χ4v) is 2.74. The molecule has 1 amide bonds. The van der Waals surface area contributed by atoms with E-state index >= 15 is 0 Å². The lowest BCUT2D eigenvalue weighted by Gasteiger charge is -2.26. The first kappa shape index (κ1) is 13.4. The number of likely N-dealkylation sites (tertiary alicyclic amines) is 1. The van der Waals surface area contributed by atoms with Gasteiger partial charge in [-0.2, -0.15) is 0 Å². The van der Waals surface area contributed by atoms with Crippen LogP contribution in [0, 0.1) is 0 Å². The van der Waals surface area contributed by atoms with Crippen LogP contribution in [0.1, 0.15) is 31.2 Å². The first-order valence-corrected chi connectivity index (χ1v) is 6.77. The van der Waals surface area contributed by atoms with Gasteiger partial charge in [-0.05, 0) is 37.5 Å². The maximum atomic E-state index is 12.5. The van der Waals surface area contributed by atoms with E-state index in [-0.39, 0.29) is 17.9 Å². The number of carbonyl (C=O) groups is 1.